The lowest BCUT2D eigenvalue weighted by atomic mass is 9.33. The molecule has 6 fully saturated rings. The number of carbonyl (C=O) groups is 1. The number of allylic oxidation sites excluding steroid dienone is 1. The van der Waals surface area contributed by atoms with Gasteiger partial charge in [0.15, 0.2) is 6.29 Å². The minimum absolute atomic E-state index is 0.0111. The minimum atomic E-state index is -1.76. The fourth-order valence-electron chi connectivity index (χ4n) is 13.6. The molecule has 0 spiro atoms. The van der Waals surface area contributed by atoms with Gasteiger partial charge in [-0.25, -0.2) is 0 Å². The number of fused-ring (bicyclic) bond motifs is 7. The molecular weight excluding hydrogens is 732 g/mol. The predicted molar refractivity (Wildman–Crippen MR) is 196 cm³/mol. The maximum absolute atomic E-state index is 14.6. The second-order valence-corrected chi connectivity index (χ2v) is 19.9. The third-order valence-electron chi connectivity index (χ3n) is 17.3. The Morgan fingerprint density at radius 2 is 1.50 bits per heavy atom. The fraction of sp³-hybridized carbons (Fsp3) is 0.927. The van der Waals surface area contributed by atoms with Gasteiger partial charge >= 0.3 is 5.97 Å². The van der Waals surface area contributed by atoms with Gasteiger partial charge in [0.05, 0.1) is 43.0 Å². The lowest BCUT2D eigenvalue weighted by molar-refractivity contribution is -0.328. The van der Waals surface area contributed by atoms with Gasteiger partial charge in [0.1, 0.15) is 42.7 Å². The number of aliphatic hydroxyl groups is 10. The Bertz CT molecular complexity index is 1520. The molecule has 15 nitrogen and oxygen atoms in total. The highest BCUT2D eigenvalue weighted by molar-refractivity contribution is 5.79. The Morgan fingerprint density at radius 3 is 2.16 bits per heavy atom. The molecule has 320 valence electrons. The summed E-state index contributed by atoms with van der Waals surface area (Å²) in [5, 5.41) is 108. The van der Waals surface area contributed by atoms with Crippen LogP contribution in [0.25, 0.3) is 0 Å². The molecule has 7 aliphatic rings. The second-order valence-electron chi connectivity index (χ2n) is 19.9. The first kappa shape index (κ1) is 42.8. The average Bonchev–Trinajstić information content (AvgIpc) is 3.14. The van der Waals surface area contributed by atoms with Crippen molar-refractivity contribution in [2.45, 2.75) is 166 Å². The molecule has 0 unspecified atom stereocenters. The molecule has 15 heteroatoms. The minimum Gasteiger partial charge on any atom is -0.432 e. The molecule has 7 rings (SSSR count). The van der Waals surface area contributed by atoms with Gasteiger partial charge in [-0.1, -0.05) is 46.3 Å². The quantitative estimate of drug-likeness (QED) is 0.0955. The molecule has 10 N–H and O–H groups in total. The molecule has 0 amide bonds. The number of ether oxygens (including phenoxy) is 4. The molecule has 2 aliphatic heterocycles. The van der Waals surface area contributed by atoms with Gasteiger partial charge in [0.2, 0.25) is 6.29 Å². The van der Waals surface area contributed by atoms with E-state index in [0.717, 1.165) is 12.0 Å². The molecule has 5 aliphatic carbocycles. The predicted octanol–water partition coefficient (Wildman–Crippen LogP) is -0.131. The third kappa shape index (κ3) is 5.88. The highest BCUT2D eigenvalue weighted by atomic mass is 16.7. The van der Waals surface area contributed by atoms with Crippen LogP contribution < -0.4 is 0 Å². The Kier molecular flexibility index (Phi) is 11.0. The maximum Gasteiger partial charge on any atom is 0.315 e. The summed E-state index contributed by atoms with van der Waals surface area (Å²) >= 11 is 0. The van der Waals surface area contributed by atoms with Crippen molar-refractivity contribution in [1.82, 2.24) is 0 Å². The highest BCUT2D eigenvalue weighted by Crippen LogP contribution is 2.76. The Labute approximate surface area is 328 Å². The zero-order valence-corrected chi connectivity index (χ0v) is 33.5. The summed E-state index contributed by atoms with van der Waals surface area (Å²) in [6, 6.07) is 0. The summed E-state index contributed by atoms with van der Waals surface area (Å²) in [4.78, 5) is 14.6. The monoisotopic (exact) mass is 798 g/mol. The fourth-order valence-corrected chi connectivity index (χ4v) is 13.6. The summed E-state index contributed by atoms with van der Waals surface area (Å²) in [6.45, 7) is 11.1. The van der Waals surface area contributed by atoms with Gasteiger partial charge in [-0.3, -0.25) is 4.79 Å². The van der Waals surface area contributed by atoms with Crippen molar-refractivity contribution in [3.63, 3.8) is 0 Å². The van der Waals surface area contributed by atoms with Crippen molar-refractivity contribution >= 4 is 5.97 Å². The van der Waals surface area contributed by atoms with E-state index in [9.17, 15) is 55.9 Å². The normalized spacial score (nSPS) is 57.1. The first-order valence-corrected chi connectivity index (χ1v) is 20.6. The molecule has 4 saturated carbocycles. The van der Waals surface area contributed by atoms with Crippen LogP contribution in [0.15, 0.2) is 11.6 Å². The van der Waals surface area contributed by atoms with Crippen molar-refractivity contribution < 1.29 is 74.8 Å². The van der Waals surface area contributed by atoms with Gasteiger partial charge in [0, 0.05) is 11.3 Å². The highest BCUT2D eigenvalue weighted by Gasteiger charge is 2.73. The number of aliphatic hydroxyl groups excluding tert-OH is 9. The lowest BCUT2D eigenvalue weighted by Crippen LogP contribution is -2.70. The van der Waals surface area contributed by atoms with Gasteiger partial charge in [-0.15, -0.1) is 0 Å². The van der Waals surface area contributed by atoms with Crippen LogP contribution in [0.1, 0.15) is 92.9 Å². The molecule has 0 aromatic carbocycles. The van der Waals surface area contributed by atoms with E-state index in [4.69, 9.17) is 18.9 Å². The van der Waals surface area contributed by atoms with Gasteiger partial charge in [-0.05, 0) is 92.3 Å². The smallest absolute Gasteiger partial charge is 0.315 e. The maximum atomic E-state index is 14.6. The van der Waals surface area contributed by atoms with Gasteiger partial charge < -0.3 is 70.0 Å². The zero-order chi connectivity index (χ0) is 41.1. The standard InChI is InChI=1S/C41H66O15/c1-19-9-12-41(35(51)56-34-30(50)28(48)27(47)23(16-42)54-34)14-13-38(4)20(31(41)40(19,6)52)7-8-25-36(2)15-21(44)32(55-33-29(49)26(46)22(45)17-53-33)37(3,18-43)24(36)10-11-39(25,38)5/h7,19,21-34,42-50,52H,8-18H2,1-6H3/t19-,21-,22+,23-,24-,25-,26+,27-,28+,29-,30-,31+,32+,33+,34+,36+,37+,38-,39-,40-,41+/m1/s1. The summed E-state index contributed by atoms with van der Waals surface area (Å²) in [7, 11) is 0. The molecule has 2 heterocycles. The van der Waals surface area contributed by atoms with Crippen LogP contribution >= 0.6 is 0 Å². The number of hydrogen-bond acceptors (Lipinski definition) is 15. The molecule has 56 heavy (non-hydrogen) atoms. The summed E-state index contributed by atoms with van der Waals surface area (Å²) < 4.78 is 23.3. The number of esters is 1. The Hall–Kier alpha value is -1.31. The molecule has 0 radical (unpaired) electrons. The van der Waals surface area contributed by atoms with Crippen molar-refractivity contribution in [1.29, 1.82) is 0 Å². The number of rotatable bonds is 6. The van der Waals surface area contributed by atoms with E-state index in [1.807, 2.05) is 13.8 Å². The Morgan fingerprint density at radius 1 is 0.821 bits per heavy atom. The van der Waals surface area contributed by atoms with E-state index < -0.39 is 113 Å². The van der Waals surface area contributed by atoms with Crippen LogP contribution in [-0.2, 0) is 23.7 Å². The zero-order valence-electron chi connectivity index (χ0n) is 33.5. The first-order valence-electron chi connectivity index (χ1n) is 20.6. The molecule has 0 aromatic rings. The summed E-state index contributed by atoms with van der Waals surface area (Å²) in [5.74, 6) is -1.62. The van der Waals surface area contributed by atoms with Crippen molar-refractivity contribution in [3.05, 3.63) is 11.6 Å². The van der Waals surface area contributed by atoms with E-state index in [1.54, 1.807) is 6.92 Å². The van der Waals surface area contributed by atoms with Crippen LogP contribution in [0.4, 0.5) is 0 Å². The third-order valence-corrected chi connectivity index (χ3v) is 17.3. The summed E-state index contributed by atoms with van der Waals surface area (Å²) in [6.07, 6.45) is -9.19. The van der Waals surface area contributed by atoms with E-state index in [0.29, 0.717) is 44.9 Å². The van der Waals surface area contributed by atoms with Crippen LogP contribution in [0.3, 0.4) is 0 Å². The van der Waals surface area contributed by atoms with Crippen molar-refractivity contribution in [3.8, 4) is 0 Å². The van der Waals surface area contributed by atoms with E-state index in [1.165, 1.54) is 0 Å². The average molecular weight is 799 g/mol. The first-order chi connectivity index (χ1) is 26.1. The van der Waals surface area contributed by atoms with Gasteiger partial charge in [-0.2, -0.15) is 0 Å². The van der Waals surface area contributed by atoms with E-state index in [-0.39, 0.29) is 36.4 Å². The molecule has 0 aromatic heterocycles. The molecular formula is C41H66O15. The molecule has 2 saturated heterocycles. The topological polar surface area (TPSA) is 256 Å². The summed E-state index contributed by atoms with van der Waals surface area (Å²) in [5.41, 5.74) is -3.90. The van der Waals surface area contributed by atoms with E-state index in [2.05, 4.69) is 26.8 Å². The lowest BCUT2D eigenvalue weighted by Gasteiger charge is -2.72. The number of carbonyl (C=O) groups excluding carboxylic acids is 1. The number of hydrogen-bond donors (Lipinski definition) is 10. The van der Waals surface area contributed by atoms with Crippen LogP contribution in [0.2, 0.25) is 0 Å². The SMILES string of the molecule is C[C@@H]1CC[C@]2(C(=O)O[C@@H]3O[C@H](CO)[C@@H](O)[C@H](O)[C@H]3O)CC[C@]3(C)C(=CC[C@@H]4[C@@]5(C)C[C@@H](O)[C@H](O[C@@H]6OC[C@H](O)[C@H](O)[C@H]6O)[C@@](C)(CO)[C@@H]5CC[C@]43C)[C@H]2[C@]1(C)O. The Balaban J connectivity index is 1.22. The van der Waals surface area contributed by atoms with E-state index >= 15 is 0 Å². The molecule has 0 bridgehead atoms. The van der Waals surface area contributed by atoms with Crippen molar-refractivity contribution in [2.75, 3.05) is 19.8 Å². The largest absolute Gasteiger partial charge is 0.432 e. The molecule has 21 atom stereocenters. The van der Waals surface area contributed by atoms with Gasteiger partial charge in [0.25, 0.3) is 0 Å². The van der Waals surface area contributed by atoms with Crippen LogP contribution in [0, 0.1) is 50.7 Å². The van der Waals surface area contributed by atoms with Crippen LogP contribution in [-0.4, -0.2) is 150 Å². The van der Waals surface area contributed by atoms with Crippen molar-refractivity contribution in [2.24, 2.45) is 50.7 Å². The van der Waals surface area contributed by atoms with Crippen LogP contribution in [0.5, 0.6) is 0 Å². The second kappa shape index (κ2) is 14.4.